The van der Waals surface area contributed by atoms with Crippen molar-refractivity contribution in [2.24, 2.45) is 0 Å². The molecule has 2 aromatic rings. The molecule has 0 saturated carbocycles. The number of hydrogen-bond acceptors (Lipinski definition) is 5. The van der Waals surface area contributed by atoms with E-state index in [0.717, 1.165) is 17.1 Å². The van der Waals surface area contributed by atoms with Crippen LogP contribution in [-0.4, -0.2) is 27.2 Å². The van der Waals surface area contributed by atoms with Gasteiger partial charge in [0, 0.05) is 5.41 Å². The Morgan fingerprint density at radius 2 is 2.00 bits per heavy atom. The predicted octanol–water partition coefficient (Wildman–Crippen LogP) is 2.30. The van der Waals surface area contributed by atoms with Crippen molar-refractivity contribution in [3.05, 3.63) is 46.5 Å². The Kier molecular flexibility index (Phi) is 4.69. The fourth-order valence-electron chi connectivity index (χ4n) is 1.97. The number of rotatable bonds is 4. The van der Waals surface area contributed by atoms with Gasteiger partial charge in [0.15, 0.2) is 0 Å². The van der Waals surface area contributed by atoms with Crippen LogP contribution >= 0.6 is 11.5 Å². The molecule has 6 heteroatoms. The Balaban J connectivity index is 2.20. The first-order valence-corrected chi connectivity index (χ1v) is 7.50. The third kappa shape index (κ3) is 3.65. The fourth-order valence-corrected chi connectivity index (χ4v) is 2.75. The van der Waals surface area contributed by atoms with Gasteiger partial charge in [0.2, 0.25) is 0 Å². The van der Waals surface area contributed by atoms with Crippen LogP contribution in [0.15, 0.2) is 30.3 Å². The van der Waals surface area contributed by atoms with Gasteiger partial charge in [-0.05, 0) is 17.1 Å². The second kappa shape index (κ2) is 6.32. The number of nitrogens with zero attached hydrogens (tertiary/aromatic N) is 2. The summed E-state index contributed by atoms with van der Waals surface area (Å²) < 4.78 is 3.88. The van der Waals surface area contributed by atoms with E-state index in [4.69, 9.17) is 0 Å². The number of carbonyl (C=O) groups is 1. The highest BCUT2D eigenvalue weighted by Crippen LogP contribution is 2.26. The zero-order chi connectivity index (χ0) is 15.5. The first-order chi connectivity index (χ1) is 9.93. The summed E-state index contributed by atoms with van der Waals surface area (Å²) in [5, 5.41) is 16.4. The Hall–Kier alpha value is -1.79. The van der Waals surface area contributed by atoms with Gasteiger partial charge >= 0.3 is 0 Å². The molecule has 0 radical (unpaired) electrons. The third-order valence-electron chi connectivity index (χ3n) is 3.09. The average Bonchev–Trinajstić information content (AvgIpc) is 2.95. The van der Waals surface area contributed by atoms with Crippen molar-refractivity contribution in [2.45, 2.75) is 32.2 Å². The van der Waals surface area contributed by atoms with E-state index in [1.807, 2.05) is 51.1 Å². The second-order valence-electron chi connectivity index (χ2n) is 5.82. The molecule has 1 aromatic carbocycles. The Morgan fingerprint density at radius 1 is 1.33 bits per heavy atom. The summed E-state index contributed by atoms with van der Waals surface area (Å²) in [5.41, 5.74) is 1.29. The Bertz CT molecular complexity index is 605. The van der Waals surface area contributed by atoms with Crippen molar-refractivity contribution >= 4 is 17.4 Å². The van der Waals surface area contributed by atoms with Crippen LogP contribution in [0.3, 0.4) is 0 Å². The molecule has 112 valence electrons. The molecule has 1 unspecified atom stereocenters. The highest BCUT2D eigenvalue weighted by molar-refractivity contribution is 7.08. The van der Waals surface area contributed by atoms with Gasteiger partial charge in [-0.3, -0.25) is 4.79 Å². The van der Waals surface area contributed by atoms with E-state index in [1.54, 1.807) is 0 Å². The summed E-state index contributed by atoms with van der Waals surface area (Å²) in [6.45, 7) is 5.80. The molecule has 5 nitrogen and oxygen atoms in total. The molecule has 1 atom stereocenters. The SMILES string of the molecule is CC(C)(C)c1nnsc1C(=O)NC(CO)c1ccccc1. The van der Waals surface area contributed by atoms with Crippen LogP contribution in [0.2, 0.25) is 0 Å². The number of nitrogens with one attached hydrogen (secondary N) is 1. The van der Waals surface area contributed by atoms with Crippen molar-refractivity contribution in [1.82, 2.24) is 14.9 Å². The summed E-state index contributed by atoms with van der Waals surface area (Å²) >= 11 is 1.08. The summed E-state index contributed by atoms with van der Waals surface area (Å²) in [5.74, 6) is -0.252. The lowest BCUT2D eigenvalue weighted by Gasteiger charge is -2.19. The number of amides is 1. The lowest BCUT2D eigenvalue weighted by molar-refractivity contribution is 0.0918. The van der Waals surface area contributed by atoms with Crippen LogP contribution in [0.25, 0.3) is 0 Å². The first kappa shape index (κ1) is 15.6. The molecule has 2 rings (SSSR count). The van der Waals surface area contributed by atoms with E-state index in [0.29, 0.717) is 10.6 Å². The van der Waals surface area contributed by atoms with Crippen LogP contribution in [0.5, 0.6) is 0 Å². The quantitative estimate of drug-likeness (QED) is 0.909. The van der Waals surface area contributed by atoms with Gasteiger partial charge in [0.25, 0.3) is 5.91 Å². The molecule has 0 aliphatic rings. The normalized spacial score (nSPS) is 13.0. The third-order valence-corrected chi connectivity index (χ3v) is 3.82. The smallest absolute Gasteiger partial charge is 0.265 e. The summed E-state index contributed by atoms with van der Waals surface area (Å²) in [7, 11) is 0. The van der Waals surface area contributed by atoms with Gasteiger partial charge < -0.3 is 10.4 Å². The molecule has 0 aliphatic carbocycles. The van der Waals surface area contributed by atoms with Crippen LogP contribution in [0, 0.1) is 0 Å². The monoisotopic (exact) mass is 305 g/mol. The number of aliphatic hydroxyl groups is 1. The van der Waals surface area contributed by atoms with E-state index in [9.17, 15) is 9.90 Å². The van der Waals surface area contributed by atoms with Crippen molar-refractivity contribution in [1.29, 1.82) is 0 Å². The number of carbonyl (C=O) groups excluding carboxylic acids is 1. The molecular formula is C15H19N3O2S. The molecular weight excluding hydrogens is 286 g/mol. The second-order valence-corrected chi connectivity index (χ2v) is 6.57. The van der Waals surface area contributed by atoms with Crippen LogP contribution < -0.4 is 5.32 Å². The number of aliphatic hydroxyl groups excluding tert-OH is 1. The van der Waals surface area contributed by atoms with Crippen molar-refractivity contribution in [2.75, 3.05) is 6.61 Å². The lowest BCUT2D eigenvalue weighted by atomic mass is 9.91. The molecule has 0 bridgehead atoms. The standard InChI is InChI=1S/C15H19N3O2S/c1-15(2,3)13-12(21-18-17-13)14(20)16-11(9-19)10-7-5-4-6-8-10/h4-8,11,19H,9H2,1-3H3,(H,16,20). The highest BCUT2D eigenvalue weighted by atomic mass is 32.1. The van der Waals surface area contributed by atoms with E-state index in [1.165, 1.54) is 0 Å². The maximum absolute atomic E-state index is 12.4. The van der Waals surface area contributed by atoms with Gasteiger partial charge in [-0.1, -0.05) is 55.6 Å². The Labute approximate surface area is 128 Å². The topological polar surface area (TPSA) is 75.1 Å². The van der Waals surface area contributed by atoms with Gasteiger partial charge in [0.05, 0.1) is 18.3 Å². The molecule has 0 spiro atoms. The van der Waals surface area contributed by atoms with E-state index in [-0.39, 0.29) is 17.9 Å². The van der Waals surface area contributed by atoms with Crippen molar-refractivity contribution in [3.8, 4) is 0 Å². The largest absolute Gasteiger partial charge is 0.394 e. The van der Waals surface area contributed by atoms with Crippen molar-refractivity contribution in [3.63, 3.8) is 0 Å². The molecule has 2 N–H and O–H groups in total. The van der Waals surface area contributed by atoms with Gasteiger partial charge in [0.1, 0.15) is 4.88 Å². The van der Waals surface area contributed by atoms with Gasteiger partial charge in [-0.25, -0.2) is 0 Å². The highest BCUT2D eigenvalue weighted by Gasteiger charge is 2.27. The minimum Gasteiger partial charge on any atom is -0.394 e. The van der Waals surface area contributed by atoms with Crippen LogP contribution in [0.4, 0.5) is 0 Å². The lowest BCUT2D eigenvalue weighted by Crippen LogP contribution is -2.32. The minimum absolute atomic E-state index is 0.160. The molecule has 0 fully saturated rings. The van der Waals surface area contributed by atoms with E-state index < -0.39 is 6.04 Å². The van der Waals surface area contributed by atoms with E-state index in [2.05, 4.69) is 14.9 Å². The number of aromatic nitrogens is 2. The maximum atomic E-state index is 12.4. The summed E-state index contributed by atoms with van der Waals surface area (Å²) in [4.78, 5) is 12.9. The molecule has 0 aliphatic heterocycles. The van der Waals surface area contributed by atoms with Crippen LogP contribution in [0.1, 0.15) is 47.7 Å². The molecule has 0 saturated heterocycles. The van der Waals surface area contributed by atoms with Gasteiger partial charge in [-0.15, -0.1) is 5.10 Å². The molecule has 21 heavy (non-hydrogen) atoms. The van der Waals surface area contributed by atoms with E-state index >= 15 is 0 Å². The zero-order valence-electron chi connectivity index (χ0n) is 12.3. The number of hydrogen-bond donors (Lipinski definition) is 2. The average molecular weight is 305 g/mol. The predicted molar refractivity (Wildman–Crippen MR) is 82.3 cm³/mol. The molecule has 1 heterocycles. The maximum Gasteiger partial charge on any atom is 0.265 e. The van der Waals surface area contributed by atoms with Crippen molar-refractivity contribution < 1.29 is 9.90 Å². The Morgan fingerprint density at radius 3 is 2.57 bits per heavy atom. The summed E-state index contributed by atoms with van der Waals surface area (Å²) in [6, 6.07) is 8.95. The molecule has 1 aromatic heterocycles. The summed E-state index contributed by atoms with van der Waals surface area (Å²) in [6.07, 6.45) is 0. The van der Waals surface area contributed by atoms with Gasteiger partial charge in [-0.2, -0.15) is 0 Å². The first-order valence-electron chi connectivity index (χ1n) is 6.73. The minimum atomic E-state index is -0.436. The molecule has 1 amide bonds. The fraction of sp³-hybridized carbons (Fsp3) is 0.400. The number of benzene rings is 1. The zero-order valence-corrected chi connectivity index (χ0v) is 13.1. The van der Waals surface area contributed by atoms with Crippen LogP contribution in [-0.2, 0) is 5.41 Å².